The quantitative estimate of drug-likeness (QED) is 0.858. The fraction of sp³-hybridized carbons (Fsp3) is 0.619. The van der Waals surface area contributed by atoms with Crippen LogP contribution in [0.3, 0.4) is 0 Å². The average molecular weight is 390 g/mol. The minimum Gasteiger partial charge on any atom is -0.445 e. The molecule has 1 N–H and O–H groups in total. The maximum absolute atomic E-state index is 12.8. The predicted molar refractivity (Wildman–Crippen MR) is 104 cm³/mol. The van der Waals surface area contributed by atoms with E-state index in [-0.39, 0.29) is 24.8 Å². The predicted octanol–water partition coefficient (Wildman–Crippen LogP) is 3.16. The molecule has 1 aromatic carbocycles. The molecule has 0 aromatic heterocycles. The molecule has 2 saturated heterocycles. The van der Waals surface area contributed by atoms with Gasteiger partial charge < -0.3 is 14.6 Å². The first-order valence-corrected chi connectivity index (χ1v) is 9.84. The number of carbonyl (C=O) groups excluding carboxylic acids is 2. The number of aliphatic hydroxyl groups excluding tert-OH is 1. The maximum atomic E-state index is 12.8. The van der Waals surface area contributed by atoms with E-state index >= 15 is 0 Å². The van der Waals surface area contributed by atoms with Gasteiger partial charge in [0, 0.05) is 6.54 Å². The smallest absolute Gasteiger partial charge is 0.410 e. The van der Waals surface area contributed by atoms with E-state index in [2.05, 4.69) is 0 Å². The van der Waals surface area contributed by atoms with Gasteiger partial charge in [0.15, 0.2) is 0 Å². The van der Waals surface area contributed by atoms with Gasteiger partial charge in [-0.05, 0) is 46.1 Å². The molecule has 0 unspecified atom stereocenters. The molecule has 2 bridgehead atoms. The summed E-state index contributed by atoms with van der Waals surface area (Å²) in [4.78, 5) is 28.8. The van der Waals surface area contributed by atoms with Crippen LogP contribution in [0.4, 0.5) is 9.59 Å². The highest BCUT2D eigenvalue weighted by molar-refractivity contribution is 5.72. The summed E-state index contributed by atoms with van der Waals surface area (Å²) in [6, 6.07) is 8.55. The van der Waals surface area contributed by atoms with E-state index in [0.717, 1.165) is 18.4 Å². The van der Waals surface area contributed by atoms with Crippen molar-refractivity contribution in [2.24, 2.45) is 0 Å². The summed E-state index contributed by atoms with van der Waals surface area (Å²) in [7, 11) is 0. The summed E-state index contributed by atoms with van der Waals surface area (Å²) in [6.07, 6.45) is -0.144. The molecule has 7 nitrogen and oxygen atoms in total. The molecule has 2 aliphatic rings. The Labute approximate surface area is 166 Å². The number of benzene rings is 1. The van der Waals surface area contributed by atoms with Crippen LogP contribution in [0.5, 0.6) is 0 Å². The highest BCUT2D eigenvalue weighted by Gasteiger charge is 2.52. The van der Waals surface area contributed by atoms with Crippen molar-refractivity contribution in [3.05, 3.63) is 35.9 Å². The topological polar surface area (TPSA) is 79.3 Å². The van der Waals surface area contributed by atoms with E-state index in [1.54, 1.807) is 16.7 Å². The van der Waals surface area contributed by atoms with Gasteiger partial charge in [-0.3, -0.25) is 9.80 Å². The Morgan fingerprint density at radius 1 is 1.18 bits per heavy atom. The van der Waals surface area contributed by atoms with E-state index in [9.17, 15) is 14.7 Å². The number of rotatable bonds is 3. The number of amides is 2. The number of fused-ring (bicyclic) bond motifs is 2. The maximum Gasteiger partial charge on any atom is 0.410 e. The number of carbonyl (C=O) groups is 2. The second-order valence-electron chi connectivity index (χ2n) is 8.61. The van der Waals surface area contributed by atoms with Crippen molar-refractivity contribution in [1.82, 2.24) is 9.80 Å². The van der Waals surface area contributed by atoms with Crippen molar-refractivity contribution in [3.63, 3.8) is 0 Å². The first-order valence-electron chi connectivity index (χ1n) is 9.84. The number of hydrogen-bond donors (Lipinski definition) is 1. The van der Waals surface area contributed by atoms with Gasteiger partial charge >= 0.3 is 12.2 Å². The molecular formula is C21H30N2O5. The lowest BCUT2D eigenvalue weighted by molar-refractivity contribution is -0.0486. The second kappa shape index (κ2) is 7.99. The fourth-order valence-electron chi connectivity index (χ4n) is 4.16. The van der Waals surface area contributed by atoms with Crippen LogP contribution in [0.15, 0.2) is 30.3 Å². The Kier molecular flexibility index (Phi) is 5.84. The summed E-state index contributed by atoms with van der Waals surface area (Å²) in [6.45, 7) is 7.64. The van der Waals surface area contributed by atoms with Crippen LogP contribution < -0.4 is 0 Å². The Hall–Kier alpha value is -2.28. The van der Waals surface area contributed by atoms with Crippen LogP contribution in [0, 0.1) is 0 Å². The molecule has 2 amide bonds. The lowest BCUT2D eigenvalue weighted by Gasteiger charge is -2.47. The van der Waals surface area contributed by atoms with Crippen LogP contribution in [-0.2, 0) is 16.1 Å². The zero-order chi connectivity index (χ0) is 20.5. The largest absolute Gasteiger partial charge is 0.445 e. The van der Waals surface area contributed by atoms with Crippen LogP contribution in [0.2, 0.25) is 0 Å². The van der Waals surface area contributed by atoms with Gasteiger partial charge in [0.05, 0.1) is 24.2 Å². The van der Waals surface area contributed by atoms with Gasteiger partial charge in [0.2, 0.25) is 0 Å². The van der Waals surface area contributed by atoms with Crippen LogP contribution in [0.25, 0.3) is 0 Å². The van der Waals surface area contributed by atoms with Crippen LogP contribution in [0.1, 0.15) is 46.1 Å². The first kappa shape index (κ1) is 20.5. The summed E-state index contributed by atoms with van der Waals surface area (Å²) in [5.41, 5.74) is 0.308. The zero-order valence-corrected chi connectivity index (χ0v) is 17.0. The van der Waals surface area contributed by atoms with E-state index in [1.165, 1.54) is 0 Å². The SMILES string of the molecule is C[C@@H](O)[C@@H]1[C@@H]2CC[C@@H](CN1C(=O)OCc1ccccc1)N2C(=O)OC(C)(C)C. The molecule has 2 aliphatic heterocycles. The highest BCUT2D eigenvalue weighted by Crippen LogP contribution is 2.37. The molecule has 2 heterocycles. The first-order chi connectivity index (χ1) is 13.2. The number of likely N-dealkylation sites (tertiary alicyclic amines) is 1. The Bertz CT molecular complexity index is 700. The third kappa shape index (κ3) is 4.41. The standard InChI is InChI=1S/C21H30N2O5/c1-14(24)18-17-11-10-16(23(17)20(26)28-21(2,3)4)12-22(18)19(25)27-13-15-8-6-5-7-9-15/h5-9,14,16-18,24H,10-13H2,1-4H3/t14-,16+,17+,18-/m1/s1. The monoisotopic (exact) mass is 390 g/mol. The van der Waals surface area contributed by atoms with Gasteiger partial charge in [0.25, 0.3) is 0 Å². The van der Waals surface area contributed by atoms with Crippen molar-refractivity contribution in [2.45, 2.75) is 77.0 Å². The lowest BCUT2D eigenvalue weighted by Crippen LogP contribution is -2.65. The highest BCUT2D eigenvalue weighted by atomic mass is 16.6. The molecule has 1 aromatic rings. The number of aliphatic hydroxyl groups is 1. The van der Waals surface area contributed by atoms with E-state index < -0.39 is 23.8 Å². The molecule has 0 aliphatic carbocycles. The number of hydrogen-bond acceptors (Lipinski definition) is 5. The van der Waals surface area contributed by atoms with Crippen molar-refractivity contribution in [3.8, 4) is 0 Å². The van der Waals surface area contributed by atoms with Gasteiger partial charge in [-0.15, -0.1) is 0 Å². The fourth-order valence-corrected chi connectivity index (χ4v) is 4.16. The van der Waals surface area contributed by atoms with Crippen molar-refractivity contribution < 1.29 is 24.2 Å². The Morgan fingerprint density at radius 3 is 2.46 bits per heavy atom. The molecule has 28 heavy (non-hydrogen) atoms. The third-order valence-electron chi connectivity index (χ3n) is 5.25. The minimum atomic E-state index is -0.793. The molecule has 4 atom stereocenters. The van der Waals surface area contributed by atoms with Gasteiger partial charge in [-0.2, -0.15) is 0 Å². The summed E-state index contributed by atoms with van der Waals surface area (Å²) in [5.74, 6) is 0. The van der Waals surface area contributed by atoms with Crippen molar-refractivity contribution >= 4 is 12.2 Å². The summed E-state index contributed by atoms with van der Waals surface area (Å²) in [5, 5.41) is 10.4. The number of ether oxygens (including phenoxy) is 2. The molecule has 2 fully saturated rings. The second-order valence-corrected chi connectivity index (χ2v) is 8.61. The molecule has 0 spiro atoms. The molecular weight excluding hydrogens is 360 g/mol. The Balaban J connectivity index is 1.72. The van der Waals surface area contributed by atoms with E-state index in [4.69, 9.17) is 9.47 Å². The zero-order valence-electron chi connectivity index (χ0n) is 17.0. The number of nitrogens with zero attached hydrogens (tertiary/aromatic N) is 2. The van der Waals surface area contributed by atoms with Crippen LogP contribution in [-0.4, -0.2) is 63.5 Å². The molecule has 0 saturated carbocycles. The molecule has 154 valence electrons. The van der Waals surface area contributed by atoms with Crippen LogP contribution >= 0.6 is 0 Å². The lowest BCUT2D eigenvalue weighted by atomic mass is 9.98. The van der Waals surface area contributed by atoms with E-state index in [0.29, 0.717) is 6.54 Å². The minimum absolute atomic E-state index is 0.126. The Morgan fingerprint density at radius 2 is 1.86 bits per heavy atom. The summed E-state index contributed by atoms with van der Waals surface area (Å²) >= 11 is 0. The molecule has 3 rings (SSSR count). The summed E-state index contributed by atoms with van der Waals surface area (Å²) < 4.78 is 11.0. The van der Waals surface area contributed by atoms with Crippen molar-refractivity contribution in [1.29, 1.82) is 0 Å². The molecule has 7 heteroatoms. The normalized spacial score (nSPS) is 25.4. The average Bonchev–Trinajstić information content (AvgIpc) is 2.92. The van der Waals surface area contributed by atoms with Crippen molar-refractivity contribution in [2.75, 3.05) is 6.54 Å². The molecule has 0 radical (unpaired) electrons. The van der Waals surface area contributed by atoms with Gasteiger partial charge in [-0.1, -0.05) is 30.3 Å². The van der Waals surface area contributed by atoms with Gasteiger partial charge in [-0.25, -0.2) is 9.59 Å². The third-order valence-corrected chi connectivity index (χ3v) is 5.25. The van der Waals surface area contributed by atoms with Gasteiger partial charge in [0.1, 0.15) is 12.2 Å². The number of piperazine rings is 1. The van der Waals surface area contributed by atoms with E-state index in [1.807, 2.05) is 51.1 Å².